The van der Waals surface area contributed by atoms with Gasteiger partial charge in [0.05, 0.1) is 12.7 Å². The second kappa shape index (κ2) is 3.74. The molecule has 13 heavy (non-hydrogen) atoms. The first kappa shape index (κ1) is 9.98. The van der Waals surface area contributed by atoms with Gasteiger partial charge in [-0.1, -0.05) is 0 Å². The van der Waals surface area contributed by atoms with E-state index in [1.165, 1.54) is 13.2 Å². The lowest BCUT2D eigenvalue weighted by atomic mass is 10.1. The van der Waals surface area contributed by atoms with Crippen molar-refractivity contribution in [2.75, 3.05) is 7.11 Å². The summed E-state index contributed by atoms with van der Waals surface area (Å²) in [5, 5.41) is 0. The minimum absolute atomic E-state index is 0.367. The first-order chi connectivity index (χ1) is 6.06. The lowest BCUT2D eigenvalue weighted by Crippen LogP contribution is -2.13. The molecule has 0 saturated heterocycles. The highest BCUT2D eigenvalue weighted by Crippen LogP contribution is 2.21. The van der Waals surface area contributed by atoms with E-state index in [4.69, 9.17) is 10.5 Å². The summed E-state index contributed by atoms with van der Waals surface area (Å²) >= 11 is 3.21. The van der Waals surface area contributed by atoms with Crippen LogP contribution in [0.15, 0.2) is 10.7 Å². The Kier molecular flexibility index (Phi) is 2.87. The quantitative estimate of drug-likeness (QED) is 0.797. The number of primary amides is 1. The van der Waals surface area contributed by atoms with E-state index in [2.05, 4.69) is 20.9 Å². The highest BCUT2D eigenvalue weighted by Gasteiger charge is 2.11. The van der Waals surface area contributed by atoms with Crippen LogP contribution < -0.4 is 10.5 Å². The number of hydrogen-bond acceptors (Lipinski definition) is 3. The van der Waals surface area contributed by atoms with Crippen LogP contribution in [-0.2, 0) is 0 Å². The van der Waals surface area contributed by atoms with Crippen LogP contribution in [0.3, 0.4) is 0 Å². The van der Waals surface area contributed by atoms with E-state index in [9.17, 15) is 4.79 Å². The highest BCUT2D eigenvalue weighted by atomic mass is 79.9. The number of hydrogen-bond donors (Lipinski definition) is 1. The third-order valence-corrected chi connectivity index (χ3v) is 2.44. The molecule has 0 atom stereocenters. The van der Waals surface area contributed by atoms with Crippen molar-refractivity contribution >= 4 is 21.8 Å². The molecular formula is C8H9BrN2O2. The molecule has 0 aromatic carbocycles. The molecule has 0 saturated carbocycles. The SMILES string of the molecule is COc1cc(C(N)=O)c(C)c(Br)n1. The molecule has 0 spiro atoms. The molecule has 0 radical (unpaired) electrons. The number of carbonyl (C=O) groups is 1. The summed E-state index contributed by atoms with van der Waals surface area (Å²) in [6.07, 6.45) is 0. The van der Waals surface area contributed by atoms with Crippen molar-refractivity contribution in [2.24, 2.45) is 5.73 Å². The van der Waals surface area contributed by atoms with Crippen molar-refractivity contribution in [1.82, 2.24) is 4.98 Å². The van der Waals surface area contributed by atoms with Crippen molar-refractivity contribution in [1.29, 1.82) is 0 Å². The summed E-state index contributed by atoms with van der Waals surface area (Å²) in [6, 6.07) is 1.52. The minimum atomic E-state index is -0.487. The molecule has 1 aromatic rings. The van der Waals surface area contributed by atoms with E-state index in [-0.39, 0.29) is 0 Å². The smallest absolute Gasteiger partial charge is 0.249 e. The molecule has 1 rings (SSSR count). The molecule has 0 aliphatic rings. The maximum atomic E-state index is 11.0. The lowest BCUT2D eigenvalue weighted by Gasteiger charge is -2.06. The van der Waals surface area contributed by atoms with E-state index < -0.39 is 5.91 Å². The van der Waals surface area contributed by atoms with Gasteiger partial charge in [-0.15, -0.1) is 0 Å². The number of carbonyl (C=O) groups excluding carboxylic acids is 1. The van der Waals surface area contributed by atoms with E-state index >= 15 is 0 Å². The van der Waals surface area contributed by atoms with Crippen LogP contribution in [0, 0.1) is 6.92 Å². The van der Waals surface area contributed by atoms with Crippen molar-refractivity contribution in [2.45, 2.75) is 6.92 Å². The first-order valence-corrected chi connectivity index (χ1v) is 4.36. The van der Waals surface area contributed by atoms with Gasteiger partial charge in [0.2, 0.25) is 11.8 Å². The van der Waals surface area contributed by atoms with Gasteiger partial charge in [0.25, 0.3) is 0 Å². The average Bonchev–Trinajstić information content (AvgIpc) is 2.09. The molecule has 1 aromatic heterocycles. The molecule has 5 heteroatoms. The second-order valence-corrected chi connectivity index (χ2v) is 3.24. The average molecular weight is 245 g/mol. The van der Waals surface area contributed by atoms with Gasteiger partial charge in [-0.3, -0.25) is 4.79 Å². The van der Waals surface area contributed by atoms with Crippen molar-refractivity contribution in [3.8, 4) is 5.88 Å². The van der Waals surface area contributed by atoms with Gasteiger partial charge in [0.1, 0.15) is 4.60 Å². The van der Waals surface area contributed by atoms with Crippen LogP contribution in [0.4, 0.5) is 0 Å². The summed E-state index contributed by atoms with van der Waals surface area (Å²) in [5.74, 6) is -0.120. The van der Waals surface area contributed by atoms with Crippen molar-refractivity contribution < 1.29 is 9.53 Å². The fourth-order valence-corrected chi connectivity index (χ4v) is 1.30. The van der Waals surface area contributed by atoms with Gasteiger partial charge >= 0.3 is 0 Å². The van der Waals surface area contributed by atoms with Crippen molar-refractivity contribution in [3.63, 3.8) is 0 Å². The molecule has 1 heterocycles. The van der Waals surface area contributed by atoms with Crippen LogP contribution in [0.1, 0.15) is 15.9 Å². The van der Waals surface area contributed by atoms with Gasteiger partial charge in [-0.05, 0) is 28.4 Å². The second-order valence-electron chi connectivity index (χ2n) is 2.49. The van der Waals surface area contributed by atoms with Gasteiger partial charge in [-0.25, -0.2) is 4.98 Å². The Labute approximate surface area is 84.2 Å². The summed E-state index contributed by atoms with van der Waals surface area (Å²) < 4.78 is 5.46. The number of pyridine rings is 1. The van der Waals surface area contributed by atoms with Gasteiger partial charge in [-0.2, -0.15) is 0 Å². The molecule has 2 N–H and O–H groups in total. The maximum Gasteiger partial charge on any atom is 0.249 e. The third kappa shape index (κ3) is 1.98. The predicted molar refractivity (Wildman–Crippen MR) is 51.7 cm³/mol. The number of ether oxygens (including phenoxy) is 1. The number of nitrogens with zero attached hydrogens (tertiary/aromatic N) is 1. The van der Waals surface area contributed by atoms with E-state index in [1.807, 2.05) is 0 Å². The number of aromatic nitrogens is 1. The molecule has 0 fully saturated rings. The number of amides is 1. The van der Waals surface area contributed by atoms with Gasteiger partial charge in [0.15, 0.2) is 0 Å². The van der Waals surface area contributed by atoms with Crippen LogP contribution in [-0.4, -0.2) is 18.0 Å². The molecule has 70 valence electrons. The number of methoxy groups -OCH3 is 1. The highest BCUT2D eigenvalue weighted by molar-refractivity contribution is 9.10. The maximum absolute atomic E-state index is 11.0. The normalized spacial score (nSPS) is 9.77. The molecule has 4 nitrogen and oxygen atoms in total. The standard InChI is InChI=1S/C8H9BrN2O2/c1-4-5(8(10)12)3-6(13-2)11-7(4)9/h3H,1-2H3,(H2,10,12). The van der Waals surface area contributed by atoms with Crippen LogP contribution in [0.2, 0.25) is 0 Å². The Balaban J connectivity index is 3.33. The summed E-state index contributed by atoms with van der Waals surface area (Å²) in [7, 11) is 1.48. The predicted octanol–water partition coefficient (Wildman–Crippen LogP) is 1.26. The zero-order valence-corrected chi connectivity index (χ0v) is 8.88. The summed E-state index contributed by atoms with van der Waals surface area (Å²) in [4.78, 5) is 15.0. The lowest BCUT2D eigenvalue weighted by molar-refractivity contribution is 0.0999. The van der Waals surface area contributed by atoms with Crippen LogP contribution in [0.25, 0.3) is 0 Å². The van der Waals surface area contributed by atoms with Gasteiger partial charge < -0.3 is 10.5 Å². The van der Waals surface area contributed by atoms with Crippen molar-refractivity contribution in [3.05, 3.63) is 21.8 Å². The fraction of sp³-hybridized carbons (Fsp3) is 0.250. The molecular weight excluding hydrogens is 236 g/mol. The number of nitrogens with two attached hydrogens (primary N) is 1. The third-order valence-electron chi connectivity index (χ3n) is 1.66. The summed E-state index contributed by atoms with van der Waals surface area (Å²) in [6.45, 7) is 1.76. The van der Waals surface area contributed by atoms with Crippen LogP contribution >= 0.6 is 15.9 Å². The molecule has 0 aliphatic carbocycles. The molecule has 1 amide bonds. The fourth-order valence-electron chi connectivity index (χ4n) is 0.916. The Morgan fingerprint density at radius 2 is 2.31 bits per heavy atom. The largest absolute Gasteiger partial charge is 0.481 e. The Hall–Kier alpha value is -1.10. The Bertz CT molecular complexity index is 352. The molecule has 0 aliphatic heterocycles. The number of halogens is 1. The van der Waals surface area contributed by atoms with E-state index in [0.717, 1.165) is 0 Å². The molecule has 0 bridgehead atoms. The zero-order chi connectivity index (χ0) is 10.0. The van der Waals surface area contributed by atoms with Crippen LogP contribution in [0.5, 0.6) is 5.88 Å². The minimum Gasteiger partial charge on any atom is -0.481 e. The number of rotatable bonds is 2. The monoisotopic (exact) mass is 244 g/mol. The zero-order valence-electron chi connectivity index (χ0n) is 7.30. The van der Waals surface area contributed by atoms with E-state index in [0.29, 0.717) is 21.6 Å². The van der Waals surface area contributed by atoms with E-state index in [1.54, 1.807) is 6.92 Å². The summed E-state index contributed by atoms with van der Waals surface area (Å²) in [5.41, 5.74) is 6.30. The first-order valence-electron chi connectivity index (χ1n) is 3.57. The Morgan fingerprint density at radius 3 is 2.77 bits per heavy atom. The van der Waals surface area contributed by atoms with Gasteiger partial charge in [0, 0.05) is 6.07 Å². The molecule has 0 unspecified atom stereocenters. The Morgan fingerprint density at radius 1 is 1.69 bits per heavy atom. The topological polar surface area (TPSA) is 65.2 Å².